The Morgan fingerprint density at radius 2 is 1.79 bits per heavy atom. The first-order chi connectivity index (χ1) is 13.5. The molecule has 5 heteroatoms. The normalized spacial score (nSPS) is 11.0. The molecule has 0 radical (unpaired) electrons. The fourth-order valence-electron chi connectivity index (χ4n) is 2.78. The van der Waals surface area contributed by atoms with E-state index < -0.39 is 0 Å². The lowest BCUT2D eigenvalue weighted by Crippen LogP contribution is -1.99. The molecule has 3 aromatic rings. The molecule has 0 N–H and O–H groups in total. The second-order valence-corrected chi connectivity index (χ2v) is 7.79. The fraction of sp³-hybridized carbons (Fsp3) is 0.174. The molecule has 0 fully saturated rings. The van der Waals surface area contributed by atoms with Gasteiger partial charge in [-0.2, -0.15) is 0 Å². The van der Waals surface area contributed by atoms with E-state index in [1.807, 2.05) is 48.7 Å². The minimum atomic E-state index is 0.419. The summed E-state index contributed by atoms with van der Waals surface area (Å²) >= 11 is 9.52. The lowest BCUT2D eigenvalue weighted by atomic mass is 10.1. The Bertz CT molecular complexity index is 1000. The van der Waals surface area contributed by atoms with Gasteiger partial charge < -0.3 is 9.47 Å². The van der Waals surface area contributed by atoms with E-state index in [1.165, 1.54) is 5.56 Å². The summed E-state index contributed by atoms with van der Waals surface area (Å²) in [5.74, 6) is 1.30. The van der Waals surface area contributed by atoms with Crippen LogP contribution in [0, 0.1) is 13.8 Å². The van der Waals surface area contributed by atoms with Gasteiger partial charge in [0.05, 0.1) is 17.3 Å². The Hall–Kier alpha value is -2.30. The van der Waals surface area contributed by atoms with Crippen LogP contribution in [-0.4, -0.2) is 13.3 Å². The van der Waals surface area contributed by atoms with Crippen LogP contribution in [0.4, 0.5) is 5.69 Å². The highest BCUT2D eigenvalue weighted by atomic mass is 79.9. The number of aryl methyl sites for hydroxylation is 2. The summed E-state index contributed by atoms with van der Waals surface area (Å²) in [6.45, 7) is 4.55. The zero-order chi connectivity index (χ0) is 20.1. The van der Waals surface area contributed by atoms with Crippen molar-refractivity contribution in [3.05, 3.63) is 86.3 Å². The first-order valence-electron chi connectivity index (χ1n) is 8.82. The van der Waals surface area contributed by atoms with Gasteiger partial charge in [-0.3, -0.25) is 4.99 Å². The Balaban J connectivity index is 1.80. The number of nitrogens with zero attached hydrogens (tertiary/aromatic N) is 1. The van der Waals surface area contributed by atoms with E-state index in [-0.39, 0.29) is 0 Å². The molecule has 0 bridgehead atoms. The lowest BCUT2D eigenvalue weighted by molar-refractivity contribution is 0.282. The number of ether oxygens (including phenoxy) is 2. The summed E-state index contributed by atoms with van der Waals surface area (Å²) in [5.41, 5.74) is 5.26. The third-order valence-electron chi connectivity index (χ3n) is 4.25. The van der Waals surface area contributed by atoms with E-state index >= 15 is 0 Å². The van der Waals surface area contributed by atoms with Gasteiger partial charge in [0.1, 0.15) is 6.61 Å². The summed E-state index contributed by atoms with van der Waals surface area (Å²) < 4.78 is 12.3. The highest BCUT2D eigenvalue weighted by Crippen LogP contribution is 2.37. The molecule has 0 aliphatic rings. The Labute approximate surface area is 179 Å². The zero-order valence-electron chi connectivity index (χ0n) is 16.0. The summed E-state index contributed by atoms with van der Waals surface area (Å²) in [6, 6.07) is 17.7. The van der Waals surface area contributed by atoms with Crippen molar-refractivity contribution in [2.24, 2.45) is 4.99 Å². The molecule has 0 saturated heterocycles. The quantitative estimate of drug-likeness (QED) is 0.370. The van der Waals surface area contributed by atoms with Crippen LogP contribution in [0.3, 0.4) is 0 Å². The predicted octanol–water partition coefficient (Wildman–Crippen LogP) is 7.06. The van der Waals surface area contributed by atoms with Crippen molar-refractivity contribution in [3.63, 3.8) is 0 Å². The number of methoxy groups -OCH3 is 1. The molecule has 3 aromatic carbocycles. The van der Waals surface area contributed by atoms with Gasteiger partial charge in [0.2, 0.25) is 0 Å². The van der Waals surface area contributed by atoms with Gasteiger partial charge in [0.15, 0.2) is 11.5 Å². The van der Waals surface area contributed by atoms with Crippen LogP contribution < -0.4 is 9.47 Å². The Morgan fingerprint density at radius 1 is 1.04 bits per heavy atom. The fourth-order valence-corrected chi connectivity index (χ4v) is 3.49. The van der Waals surface area contributed by atoms with Crippen molar-refractivity contribution in [1.29, 1.82) is 0 Å². The summed E-state index contributed by atoms with van der Waals surface area (Å²) in [4.78, 5) is 4.61. The van der Waals surface area contributed by atoms with Crippen molar-refractivity contribution in [1.82, 2.24) is 0 Å². The van der Waals surface area contributed by atoms with Crippen LogP contribution in [0.1, 0.15) is 22.3 Å². The number of aliphatic imine (C=N–C) groups is 1. The van der Waals surface area contributed by atoms with E-state index in [1.54, 1.807) is 7.11 Å². The molecule has 0 unspecified atom stereocenters. The standard InChI is InChI=1S/C23H21BrClNO2/c1-15-4-9-21(16(2)10-15)26-13-18-11-20(24)23(22(12-18)27-3)28-14-17-5-7-19(25)8-6-17/h4-13H,14H2,1-3H3. The van der Waals surface area contributed by atoms with Crippen molar-refractivity contribution < 1.29 is 9.47 Å². The second kappa shape index (κ2) is 9.26. The molecule has 0 saturated carbocycles. The average Bonchev–Trinajstić information content (AvgIpc) is 2.67. The van der Waals surface area contributed by atoms with Gasteiger partial charge in [-0.25, -0.2) is 0 Å². The minimum Gasteiger partial charge on any atom is -0.493 e. The summed E-state index contributed by atoms with van der Waals surface area (Å²) in [7, 11) is 1.63. The molecular formula is C23H21BrClNO2. The van der Waals surface area contributed by atoms with Crippen LogP contribution >= 0.6 is 27.5 Å². The number of hydrogen-bond acceptors (Lipinski definition) is 3. The van der Waals surface area contributed by atoms with E-state index in [4.69, 9.17) is 21.1 Å². The number of hydrogen-bond donors (Lipinski definition) is 0. The molecule has 3 rings (SSSR count). The Kier molecular flexibility index (Phi) is 6.76. The van der Waals surface area contributed by atoms with Crippen molar-refractivity contribution in [3.8, 4) is 11.5 Å². The summed E-state index contributed by atoms with van der Waals surface area (Å²) in [6.07, 6.45) is 1.83. The maximum Gasteiger partial charge on any atom is 0.175 e. The first-order valence-corrected chi connectivity index (χ1v) is 9.99. The maximum atomic E-state index is 5.98. The third-order valence-corrected chi connectivity index (χ3v) is 5.09. The maximum absolute atomic E-state index is 5.98. The molecule has 144 valence electrons. The minimum absolute atomic E-state index is 0.419. The molecule has 0 aliphatic heterocycles. The number of benzene rings is 3. The zero-order valence-corrected chi connectivity index (χ0v) is 18.3. The molecule has 0 aromatic heterocycles. The average molecular weight is 459 g/mol. The molecule has 0 heterocycles. The predicted molar refractivity (Wildman–Crippen MR) is 120 cm³/mol. The van der Waals surface area contributed by atoms with Crippen LogP contribution in [0.2, 0.25) is 5.02 Å². The van der Waals surface area contributed by atoms with Crippen molar-refractivity contribution >= 4 is 39.4 Å². The van der Waals surface area contributed by atoms with Gasteiger partial charge in [-0.05, 0) is 76.8 Å². The molecular weight excluding hydrogens is 438 g/mol. The summed E-state index contributed by atoms with van der Waals surface area (Å²) in [5, 5.41) is 0.704. The molecule has 0 amide bonds. The van der Waals surface area contributed by atoms with Gasteiger partial charge in [-0.1, -0.05) is 41.4 Å². The van der Waals surface area contributed by atoms with Crippen molar-refractivity contribution in [2.75, 3.05) is 7.11 Å². The largest absolute Gasteiger partial charge is 0.493 e. The molecule has 0 atom stereocenters. The third kappa shape index (κ3) is 5.15. The van der Waals surface area contributed by atoms with Crippen LogP contribution in [-0.2, 0) is 6.61 Å². The van der Waals surface area contributed by atoms with E-state index in [9.17, 15) is 0 Å². The number of halogens is 2. The molecule has 28 heavy (non-hydrogen) atoms. The van der Waals surface area contributed by atoms with Crippen LogP contribution in [0.25, 0.3) is 0 Å². The number of rotatable bonds is 6. The molecule has 0 spiro atoms. The van der Waals surface area contributed by atoms with Gasteiger partial charge >= 0.3 is 0 Å². The highest BCUT2D eigenvalue weighted by Gasteiger charge is 2.11. The van der Waals surface area contributed by atoms with E-state index in [2.05, 4.69) is 46.9 Å². The van der Waals surface area contributed by atoms with Gasteiger partial charge in [0, 0.05) is 11.2 Å². The van der Waals surface area contributed by atoms with Gasteiger partial charge in [0.25, 0.3) is 0 Å². The SMILES string of the molecule is COc1cc(C=Nc2ccc(C)cc2C)cc(Br)c1OCc1ccc(Cl)cc1. The molecule has 3 nitrogen and oxygen atoms in total. The van der Waals surface area contributed by atoms with Crippen LogP contribution in [0.15, 0.2) is 64.1 Å². The first kappa shape index (κ1) is 20.4. The smallest absolute Gasteiger partial charge is 0.175 e. The Morgan fingerprint density at radius 3 is 2.46 bits per heavy atom. The monoisotopic (exact) mass is 457 g/mol. The second-order valence-electron chi connectivity index (χ2n) is 6.50. The van der Waals surface area contributed by atoms with E-state index in [0.29, 0.717) is 23.1 Å². The van der Waals surface area contributed by atoms with E-state index in [0.717, 1.165) is 26.9 Å². The highest BCUT2D eigenvalue weighted by molar-refractivity contribution is 9.10. The van der Waals surface area contributed by atoms with Gasteiger partial charge in [-0.15, -0.1) is 0 Å². The van der Waals surface area contributed by atoms with Crippen LogP contribution in [0.5, 0.6) is 11.5 Å². The van der Waals surface area contributed by atoms with Crippen molar-refractivity contribution in [2.45, 2.75) is 20.5 Å². The molecule has 0 aliphatic carbocycles. The lowest BCUT2D eigenvalue weighted by Gasteiger charge is -2.13. The topological polar surface area (TPSA) is 30.8 Å².